The lowest BCUT2D eigenvalue weighted by Crippen LogP contribution is -2.36. The summed E-state index contributed by atoms with van der Waals surface area (Å²) in [4.78, 5) is 31.6. The van der Waals surface area contributed by atoms with Crippen LogP contribution in [0.1, 0.15) is 13.3 Å². The number of aromatic nitrogens is 4. The second kappa shape index (κ2) is 7.60. The number of thiazole rings is 1. The summed E-state index contributed by atoms with van der Waals surface area (Å²) in [5.74, 6) is 0.669. The molecular formula is C19H22N6O3S. The number of carbonyl (C=O) groups excluding carboxylic acids is 1. The van der Waals surface area contributed by atoms with Gasteiger partial charge in [-0.15, -0.1) is 0 Å². The first-order valence-electron chi connectivity index (χ1n) is 9.74. The van der Waals surface area contributed by atoms with E-state index in [1.165, 1.54) is 0 Å². The molecule has 2 N–H and O–H groups in total. The number of nitrogens with one attached hydrogen (secondary N) is 2. The molecule has 9 nitrogen and oxygen atoms in total. The van der Waals surface area contributed by atoms with E-state index in [2.05, 4.69) is 25.2 Å². The van der Waals surface area contributed by atoms with Crippen molar-refractivity contribution in [2.45, 2.75) is 19.4 Å². The number of nitrogens with zero attached hydrogens (tertiary/aromatic N) is 4. The maximum absolute atomic E-state index is 11.5. The lowest BCUT2D eigenvalue weighted by molar-refractivity contribution is -0.119. The second-order valence-electron chi connectivity index (χ2n) is 7.31. The molecule has 29 heavy (non-hydrogen) atoms. The number of H-pyrrole nitrogens is 1. The lowest BCUT2D eigenvalue weighted by Gasteiger charge is -2.25. The molecule has 3 aromatic rings. The van der Waals surface area contributed by atoms with Crippen molar-refractivity contribution in [2.75, 3.05) is 37.7 Å². The van der Waals surface area contributed by atoms with Gasteiger partial charge in [0.15, 0.2) is 10.6 Å². The number of ether oxygens (including phenoxy) is 2. The van der Waals surface area contributed by atoms with E-state index < -0.39 is 0 Å². The van der Waals surface area contributed by atoms with Crippen LogP contribution < -0.4 is 15.0 Å². The maximum atomic E-state index is 11.5. The van der Waals surface area contributed by atoms with Gasteiger partial charge in [-0.1, -0.05) is 11.3 Å². The van der Waals surface area contributed by atoms with Crippen LogP contribution in [0.3, 0.4) is 0 Å². The first-order valence-corrected chi connectivity index (χ1v) is 10.6. The van der Waals surface area contributed by atoms with Crippen LogP contribution >= 0.6 is 11.3 Å². The number of fused-ring (bicyclic) bond motifs is 1. The van der Waals surface area contributed by atoms with Crippen LogP contribution in [0.25, 0.3) is 21.6 Å². The highest BCUT2D eigenvalue weighted by Gasteiger charge is 2.29. The van der Waals surface area contributed by atoms with E-state index in [4.69, 9.17) is 14.5 Å². The molecule has 1 amide bonds. The number of rotatable bonds is 5. The van der Waals surface area contributed by atoms with Crippen LogP contribution in [-0.4, -0.2) is 64.8 Å². The SMILES string of the molecule is C[C@@H](Oc1nc(-c2cnc(N3CCOCC3)s2)cc2[nH]cnc12)[C@H]1CNC(=O)C1. The van der Waals surface area contributed by atoms with Crippen LogP contribution in [0, 0.1) is 5.92 Å². The van der Waals surface area contributed by atoms with Gasteiger partial charge in [-0.2, -0.15) is 0 Å². The number of aromatic amines is 1. The lowest BCUT2D eigenvalue weighted by atomic mass is 10.0. The molecule has 0 aromatic carbocycles. The van der Waals surface area contributed by atoms with Gasteiger partial charge in [0.2, 0.25) is 11.8 Å². The third-order valence-corrected chi connectivity index (χ3v) is 6.45. The molecule has 152 valence electrons. The van der Waals surface area contributed by atoms with Gasteiger partial charge >= 0.3 is 0 Å². The molecule has 2 atom stereocenters. The Morgan fingerprint density at radius 1 is 1.34 bits per heavy atom. The molecule has 0 spiro atoms. The predicted octanol–water partition coefficient (Wildman–Crippen LogP) is 1.82. The third kappa shape index (κ3) is 3.65. The van der Waals surface area contributed by atoms with Crippen LogP contribution in [0.4, 0.5) is 5.13 Å². The van der Waals surface area contributed by atoms with Gasteiger partial charge in [-0.25, -0.2) is 15.0 Å². The van der Waals surface area contributed by atoms with E-state index >= 15 is 0 Å². The standard InChI is InChI=1S/C19H22N6O3S/c1-11(12-6-16(26)20-8-12)28-18-17-14(22-10-23-17)7-13(24-18)15-9-21-19(29-15)25-2-4-27-5-3-25/h7,9-12H,2-6,8H2,1H3,(H,20,26)(H,22,23)/t11-,12-/m1/s1. The summed E-state index contributed by atoms with van der Waals surface area (Å²) < 4.78 is 11.6. The zero-order valence-corrected chi connectivity index (χ0v) is 16.9. The van der Waals surface area contributed by atoms with Crippen LogP contribution in [0.2, 0.25) is 0 Å². The summed E-state index contributed by atoms with van der Waals surface area (Å²) in [6.45, 7) is 5.74. The van der Waals surface area contributed by atoms with Crippen molar-refractivity contribution in [2.24, 2.45) is 5.92 Å². The van der Waals surface area contributed by atoms with Gasteiger partial charge in [0.1, 0.15) is 6.10 Å². The fourth-order valence-electron chi connectivity index (χ4n) is 3.64. The Bertz CT molecular complexity index is 1030. The number of pyridine rings is 1. The number of amides is 1. The number of morpholine rings is 1. The van der Waals surface area contributed by atoms with Crippen molar-refractivity contribution in [3.63, 3.8) is 0 Å². The van der Waals surface area contributed by atoms with Gasteiger partial charge in [0.25, 0.3) is 0 Å². The molecule has 5 rings (SSSR count). The van der Waals surface area contributed by atoms with Crippen molar-refractivity contribution in [3.05, 3.63) is 18.6 Å². The van der Waals surface area contributed by atoms with Gasteiger partial charge < -0.3 is 24.7 Å². The van der Waals surface area contributed by atoms with E-state index in [1.807, 2.05) is 19.2 Å². The van der Waals surface area contributed by atoms with Crippen molar-refractivity contribution in [3.8, 4) is 16.5 Å². The number of carbonyl (C=O) groups is 1. The minimum atomic E-state index is -0.151. The van der Waals surface area contributed by atoms with Gasteiger partial charge in [0.05, 0.1) is 35.6 Å². The molecule has 0 aliphatic carbocycles. The summed E-state index contributed by atoms with van der Waals surface area (Å²) in [7, 11) is 0. The molecule has 2 aliphatic heterocycles. The first-order chi connectivity index (χ1) is 14.2. The Hall–Kier alpha value is -2.72. The molecule has 0 bridgehead atoms. The topological polar surface area (TPSA) is 105 Å². The number of anilines is 1. The van der Waals surface area contributed by atoms with Crippen molar-refractivity contribution in [1.29, 1.82) is 0 Å². The summed E-state index contributed by atoms with van der Waals surface area (Å²) in [6, 6.07) is 1.97. The molecule has 2 fully saturated rings. The largest absolute Gasteiger partial charge is 0.473 e. The third-order valence-electron chi connectivity index (χ3n) is 5.37. The molecule has 0 unspecified atom stereocenters. The summed E-state index contributed by atoms with van der Waals surface area (Å²) in [6.07, 6.45) is 3.82. The van der Waals surface area contributed by atoms with Crippen molar-refractivity contribution < 1.29 is 14.3 Å². The Morgan fingerprint density at radius 2 is 2.21 bits per heavy atom. The van der Waals surface area contributed by atoms with Crippen molar-refractivity contribution in [1.82, 2.24) is 25.3 Å². The molecule has 5 heterocycles. The zero-order valence-electron chi connectivity index (χ0n) is 16.1. The van der Waals surface area contributed by atoms with Gasteiger partial charge in [-0.3, -0.25) is 4.79 Å². The van der Waals surface area contributed by atoms with E-state index in [1.54, 1.807) is 17.7 Å². The Labute approximate surface area is 171 Å². The van der Waals surface area contributed by atoms with E-state index in [0.29, 0.717) is 24.4 Å². The first kappa shape index (κ1) is 18.3. The molecule has 0 saturated carbocycles. The Morgan fingerprint density at radius 3 is 3.00 bits per heavy atom. The Kier molecular flexibility index (Phi) is 4.80. The summed E-state index contributed by atoms with van der Waals surface area (Å²) in [5, 5.41) is 3.83. The molecular weight excluding hydrogens is 392 g/mol. The maximum Gasteiger partial charge on any atom is 0.243 e. The summed E-state index contributed by atoms with van der Waals surface area (Å²) >= 11 is 1.61. The molecule has 2 aliphatic rings. The molecule has 3 aromatic heterocycles. The van der Waals surface area contributed by atoms with Crippen LogP contribution in [0.5, 0.6) is 5.88 Å². The number of imidazole rings is 1. The van der Waals surface area contributed by atoms with E-state index in [9.17, 15) is 4.79 Å². The monoisotopic (exact) mass is 414 g/mol. The van der Waals surface area contributed by atoms with Crippen LogP contribution in [0.15, 0.2) is 18.6 Å². The average molecular weight is 414 g/mol. The van der Waals surface area contributed by atoms with E-state index in [-0.39, 0.29) is 17.9 Å². The van der Waals surface area contributed by atoms with Gasteiger partial charge in [0, 0.05) is 38.2 Å². The highest BCUT2D eigenvalue weighted by Crippen LogP contribution is 2.34. The zero-order chi connectivity index (χ0) is 19.8. The average Bonchev–Trinajstić information content (AvgIpc) is 3.49. The normalized spacial score (nSPS) is 20.8. The molecule has 10 heteroatoms. The molecule has 0 radical (unpaired) electrons. The quantitative estimate of drug-likeness (QED) is 0.656. The van der Waals surface area contributed by atoms with Gasteiger partial charge in [-0.05, 0) is 13.0 Å². The van der Waals surface area contributed by atoms with E-state index in [0.717, 1.165) is 47.5 Å². The van der Waals surface area contributed by atoms with Crippen LogP contribution in [-0.2, 0) is 9.53 Å². The minimum absolute atomic E-state index is 0.0670. The highest BCUT2D eigenvalue weighted by atomic mass is 32.1. The fourth-order valence-corrected chi connectivity index (χ4v) is 4.57. The summed E-state index contributed by atoms with van der Waals surface area (Å²) in [5.41, 5.74) is 2.34. The van der Waals surface area contributed by atoms with Crippen molar-refractivity contribution >= 4 is 33.4 Å². The predicted molar refractivity (Wildman–Crippen MR) is 109 cm³/mol. The number of hydrogen-bond donors (Lipinski definition) is 2. The second-order valence-corrected chi connectivity index (χ2v) is 8.32. The minimum Gasteiger partial charge on any atom is -0.473 e. The smallest absolute Gasteiger partial charge is 0.243 e. The Balaban J connectivity index is 1.43. The highest BCUT2D eigenvalue weighted by molar-refractivity contribution is 7.18. The number of hydrogen-bond acceptors (Lipinski definition) is 8. The molecule has 2 saturated heterocycles. The fraction of sp³-hybridized carbons (Fsp3) is 0.474.